The maximum absolute atomic E-state index is 12.8. The van der Waals surface area contributed by atoms with Crippen LogP contribution in [0.1, 0.15) is 28.0 Å². The van der Waals surface area contributed by atoms with Crippen LogP contribution in [0.2, 0.25) is 5.02 Å². The maximum atomic E-state index is 12.8. The van der Waals surface area contributed by atoms with Gasteiger partial charge in [0.25, 0.3) is 5.91 Å². The molecule has 1 saturated heterocycles. The lowest BCUT2D eigenvalue weighted by Crippen LogP contribution is -2.50. The number of halogens is 1. The number of piperazine rings is 1. The lowest BCUT2D eigenvalue weighted by atomic mass is 10.2. The van der Waals surface area contributed by atoms with E-state index in [0.29, 0.717) is 58.5 Å². The van der Waals surface area contributed by atoms with Crippen molar-refractivity contribution in [2.45, 2.75) is 20.8 Å². The van der Waals surface area contributed by atoms with Crippen LogP contribution in [0.3, 0.4) is 0 Å². The van der Waals surface area contributed by atoms with Gasteiger partial charge in [0.1, 0.15) is 22.3 Å². The molecule has 11 nitrogen and oxygen atoms in total. The van der Waals surface area contributed by atoms with Crippen molar-refractivity contribution in [1.29, 1.82) is 0 Å². The number of thiazole rings is 1. The summed E-state index contributed by atoms with van der Waals surface area (Å²) in [6.45, 7) is 10.8. The largest absolute Gasteiger partial charge is 0.354 e. The van der Waals surface area contributed by atoms with E-state index in [2.05, 4.69) is 35.4 Å². The summed E-state index contributed by atoms with van der Waals surface area (Å²) in [7, 11) is 0. The number of aryl methyl sites for hydroxylation is 2. The molecule has 4 rings (SSSR count). The molecule has 4 N–H and O–H groups in total. The maximum Gasteiger partial charge on any atom is 0.267 e. The van der Waals surface area contributed by atoms with E-state index in [0.717, 1.165) is 37.6 Å². The molecule has 39 heavy (non-hydrogen) atoms. The van der Waals surface area contributed by atoms with Crippen molar-refractivity contribution in [1.82, 2.24) is 24.8 Å². The Balaban J connectivity index is 1.36. The van der Waals surface area contributed by atoms with E-state index in [-0.39, 0.29) is 11.8 Å². The van der Waals surface area contributed by atoms with Crippen molar-refractivity contribution in [2.75, 3.05) is 67.9 Å². The number of nitrogens with one attached hydrogen (secondary N) is 2. The van der Waals surface area contributed by atoms with Crippen LogP contribution in [0.5, 0.6) is 0 Å². The minimum atomic E-state index is -0.280. The number of rotatable bonds is 10. The molecule has 1 aromatic carbocycles. The average molecular weight is 572 g/mol. The van der Waals surface area contributed by atoms with E-state index in [1.807, 2.05) is 39.0 Å². The summed E-state index contributed by atoms with van der Waals surface area (Å²) >= 11 is 7.47. The molecule has 0 spiro atoms. The highest BCUT2D eigenvalue weighted by molar-refractivity contribution is 7.17. The van der Waals surface area contributed by atoms with Gasteiger partial charge in [-0.2, -0.15) is 0 Å². The second kappa shape index (κ2) is 13.2. The topological polar surface area (TPSA) is 133 Å². The number of carbonyl (C=O) groups excluding carboxylic acids is 2. The molecule has 0 saturated carbocycles. The summed E-state index contributed by atoms with van der Waals surface area (Å²) in [4.78, 5) is 45.4. The molecule has 0 radical (unpaired) electrons. The Morgan fingerprint density at radius 3 is 2.64 bits per heavy atom. The van der Waals surface area contributed by atoms with Gasteiger partial charge in [-0.15, -0.1) is 0 Å². The standard InChI is InChI=1S/C26H34ClN9O2S/c1-4-35(9-8-28)23(37)16-34-10-12-36(13-11-34)22-14-21(30-18(3)31-22)32-26-29-15-20(39-26)25(38)33-24-17(2)6-5-7-19(24)27/h5-7,14-15H,4,8-13,16,28H2,1-3H3,(H,33,38)(H,29,30,31,32). The summed E-state index contributed by atoms with van der Waals surface area (Å²) in [5.74, 6) is 1.85. The Kier molecular flexibility index (Phi) is 9.68. The van der Waals surface area contributed by atoms with E-state index >= 15 is 0 Å². The van der Waals surface area contributed by atoms with E-state index in [1.54, 1.807) is 11.0 Å². The number of hydrogen-bond donors (Lipinski definition) is 3. The molecule has 2 amide bonds. The van der Waals surface area contributed by atoms with Crippen molar-refractivity contribution in [3.63, 3.8) is 0 Å². The highest BCUT2D eigenvalue weighted by Crippen LogP contribution is 2.28. The Morgan fingerprint density at radius 1 is 1.18 bits per heavy atom. The molecular weight excluding hydrogens is 538 g/mol. The van der Waals surface area contributed by atoms with Gasteiger partial charge < -0.3 is 26.2 Å². The lowest BCUT2D eigenvalue weighted by Gasteiger charge is -2.36. The third-order valence-corrected chi connectivity index (χ3v) is 7.66. The summed E-state index contributed by atoms with van der Waals surface area (Å²) in [5, 5.41) is 7.10. The van der Waals surface area contributed by atoms with E-state index in [1.165, 1.54) is 17.5 Å². The Morgan fingerprint density at radius 2 is 1.95 bits per heavy atom. The quantitative estimate of drug-likeness (QED) is 0.335. The molecule has 3 aromatic rings. The number of hydrogen-bond acceptors (Lipinski definition) is 10. The number of carbonyl (C=O) groups is 2. The van der Waals surface area contributed by atoms with Gasteiger partial charge in [-0.05, 0) is 32.4 Å². The minimum Gasteiger partial charge on any atom is -0.354 e. The zero-order valence-corrected chi connectivity index (χ0v) is 24.0. The molecule has 0 unspecified atom stereocenters. The Hall–Kier alpha value is -3.32. The van der Waals surface area contributed by atoms with E-state index in [4.69, 9.17) is 17.3 Å². The first-order valence-electron chi connectivity index (χ1n) is 12.9. The number of amides is 2. The highest BCUT2D eigenvalue weighted by atomic mass is 35.5. The summed E-state index contributed by atoms with van der Waals surface area (Å²) in [6.07, 6.45) is 1.52. The number of benzene rings is 1. The smallest absolute Gasteiger partial charge is 0.267 e. The summed E-state index contributed by atoms with van der Waals surface area (Å²) in [5.41, 5.74) is 7.10. The normalized spacial score (nSPS) is 13.8. The predicted octanol–water partition coefficient (Wildman–Crippen LogP) is 3.13. The molecule has 3 heterocycles. The molecule has 13 heteroatoms. The number of anilines is 4. The monoisotopic (exact) mass is 571 g/mol. The van der Waals surface area contributed by atoms with Gasteiger partial charge in [0.15, 0.2) is 5.13 Å². The van der Waals surface area contributed by atoms with Crippen molar-refractivity contribution < 1.29 is 9.59 Å². The van der Waals surface area contributed by atoms with Gasteiger partial charge in [-0.1, -0.05) is 35.1 Å². The number of nitrogens with two attached hydrogens (primary N) is 1. The summed E-state index contributed by atoms with van der Waals surface area (Å²) in [6, 6.07) is 7.34. The van der Waals surface area contributed by atoms with Crippen LogP contribution in [0, 0.1) is 13.8 Å². The second-order valence-electron chi connectivity index (χ2n) is 9.22. The molecule has 1 aliphatic heterocycles. The zero-order valence-electron chi connectivity index (χ0n) is 22.4. The Labute approximate surface area is 237 Å². The Bertz CT molecular complexity index is 1290. The van der Waals surface area contributed by atoms with Crippen LogP contribution in [0.4, 0.5) is 22.5 Å². The van der Waals surface area contributed by atoms with Crippen molar-refractivity contribution in [3.8, 4) is 0 Å². The number of nitrogens with zero attached hydrogens (tertiary/aromatic N) is 6. The number of para-hydroxylation sites is 1. The molecular formula is C26H34ClN9O2S. The molecule has 208 valence electrons. The fraction of sp³-hybridized carbons (Fsp3) is 0.423. The van der Waals surface area contributed by atoms with Gasteiger partial charge in [-0.25, -0.2) is 15.0 Å². The molecule has 1 aliphatic rings. The first-order valence-corrected chi connectivity index (χ1v) is 14.1. The SMILES string of the molecule is CCN(CCN)C(=O)CN1CCN(c2cc(Nc3ncc(C(=O)Nc4c(C)cccc4Cl)s3)nc(C)n2)CC1. The number of likely N-dealkylation sites (N-methyl/N-ethyl adjacent to an activating group) is 1. The van der Waals surface area contributed by atoms with Crippen molar-refractivity contribution in [3.05, 3.63) is 51.7 Å². The molecule has 0 aliphatic carbocycles. The van der Waals surface area contributed by atoms with E-state index < -0.39 is 0 Å². The third-order valence-electron chi connectivity index (χ3n) is 6.44. The lowest BCUT2D eigenvalue weighted by molar-refractivity contribution is -0.132. The fourth-order valence-electron chi connectivity index (χ4n) is 4.33. The third kappa shape index (κ3) is 7.41. The van der Waals surface area contributed by atoms with E-state index in [9.17, 15) is 9.59 Å². The van der Waals surface area contributed by atoms with Gasteiger partial charge in [0.2, 0.25) is 5.91 Å². The fourth-order valence-corrected chi connectivity index (χ4v) is 5.32. The van der Waals surface area contributed by atoms with Crippen LogP contribution >= 0.6 is 22.9 Å². The molecule has 2 aromatic heterocycles. The van der Waals surface area contributed by atoms with Crippen LogP contribution < -0.4 is 21.3 Å². The van der Waals surface area contributed by atoms with Gasteiger partial charge in [0.05, 0.1) is 23.5 Å². The minimum absolute atomic E-state index is 0.110. The average Bonchev–Trinajstić information content (AvgIpc) is 3.38. The van der Waals surface area contributed by atoms with Gasteiger partial charge in [0, 0.05) is 51.9 Å². The van der Waals surface area contributed by atoms with Crippen LogP contribution in [-0.4, -0.2) is 88.9 Å². The van der Waals surface area contributed by atoms with Crippen LogP contribution in [-0.2, 0) is 4.79 Å². The first kappa shape index (κ1) is 28.7. The van der Waals surface area contributed by atoms with Crippen molar-refractivity contribution >= 4 is 57.2 Å². The first-order chi connectivity index (χ1) is 18.8. The molecule has 0 bridgehead atoms. The summed E-state index contributed by atoms with van der Waals surface area (Å²) < 4.78 is 0. The van der Waals surface area contributed by atoms with Crippen molar-refractivity contribution in [2.24, 2.45) is 5.73 Å². The van der Waals surface area contributed by atoms with Gasteiger partial charge >= 0.3 is 0 Å². The van der Waals surface area contributed by atoms with Gasteiger partial charge in [-0.3, -0.25) is 14.5 Å². The predicted molar refractivity (Wildman–Crippen MR) is 156 cm³/mol. The zero-order chi connectivity index (χ0) is 27.9. The highest BCUT2D eigenvalue weighted by Gasteiger charge is 2.23. The molecule has 1 fully saturated rings. The van der Waals surface area contributed by atoms with Crippen LogP contribution in [0.25, 0.3) is 0 Å². The number of aromatic nitrogens is 3. The van der Waals surface area contributed by atoms with Crippen LogP contribution in [0.15, 0.2) is 30.5 Å². The second-order valence-corrected chi connectivity index (χ2v) is 10.7. The molecule has 0 atom stereocenters.